The van der Waals surface area contributed by atoms with Gasteiger partial charge in [-0.2, -0.15) is 0 Å². The maximum absolute atomic E-state index is 13.3. The molecule has 1 saturated carbocycles. The molecular formula is C13H16FNO2. The molecule has 1 N–H and O–H groups in total. The number of carbonyl (C=O) groups is 1. The summed E-state index contributed by atoms with van der Waals surface area (Å²) < 4.78 is 18.4. The molecule has 3 nitrogen and oxygen atoms in total. The Morgan fingerprint density at radius 3 is 3.00 bits per heavy atom. The van der Waals surface area contributed by atoms with Gasteiger partial charge < -0.3 is 10.1 Å². The van der Waals surface area contributed by atoms with Gasteiger partial charge in [-0.05, 0) is 43.4 Å². The molecule has 0 spiro atoms. The van der Waals surface area contributed by atoms with E-state index >= 15 is 0 Å². The zero-order chi connectivity index (χ0) is 12.3. The van der Waals surface area contributed by atoms with Crippen molar-refractivity contribution in [1.29, 1.82) is 0 Å². The molecule has 0 bridgehead atoms. The van der Waals surface area contributed by atoms with Gasteiger partial charge in [0.2, 0.25) is 0 Å². The molecule has 0 radical (unpaired) electrons. The predicted octanol–water partition coefficient (Wildman–Crippen LogP) is 2.04. The van der Waals surface area contributed by atoms with Crippen molar-refractivity contribution in [2.24, 2.45) is 5.92 Å². The lowest BCUT2D eigenvalue weighted by Crippen LogP contribution is -2.30. The summed E-state index contributed by atoms with van der Waals surface area (Å²) in [4.78, 5) is 11.4. The molecule has 1 aromatic rings. The first-order valence-electron chi connectivity index (χ1n) is 5.81. The molecule has 1 aliphatic rings. The van der Waals surface area contributed by atoms with E-state index in [4.69, 9.17) is 4.74 Å². The van der Waals surface area contributed by atoms with E-state index < -0.39 is 5.82 Å². The molecule has 0 aliphatic heterocycles. The summed E-state index contributed by atoms with van der Waals surface area (Å²) in [5.41, 5.74) is 0.903. The van der Waals surface area contributed by atoms with E-state index in [1.165, 1.54) is 18.9 Å². The van der Waals surface area contributed by atoms with E-state index in [0.717, 1.165) is 5.56 Å². The molecule has 0 heterocycles. The number of hydrogen-bond acceptors (Lipinski definition) is 2. The summed E-state index contributed by atoms with van der Waals surface area (Å²) in [6.45, 7) is 2.42. The summed E-state index contributed by atoms with van der Waals surface area (Å²) in [6.07, 6.45) is 2.38. The van der Waals surface area contributed by atoms with Crippen LogP contribution < -0.4 is 10.1 Å². The van der Waals surface area contributed by atoms with Crippen LogP contribution >= 0.6 is 0 Å². The van der Waals surface area contributed by atoms with Crippen molar-refractivity contribution in [3.05, 3.63) is 29.6 Å². The number of rotatable bonds is 5. The second kappa shape index (κ2) is 5.17. The predicted molar refractivity (Wildman–Crippen MR) is 62.4 cm³/mol. The number of benzene rings is 1. The molecule has 2 rings (SSSR count). The lowest BCUT2D eigenvalue weighted by Gasteiger charge is -2.08. The van der Waals surface area contributed by atoms with E-state index in [1.54, 1.807) is 12.1 Å². The van der Waals surface area contributed by atoms with Crippen LogP contribution in [0.25, 0.3) is 0 Å². The van der Waals surface area contributed by atoms with Gasteiger partial charge >= 0.3 is 0 Å². The first kappa shape index (κ1) is 11.9. The van der Waals surface area contributed by atoms with Crippen molar-refractivity contribution >= 4 is 5.91 Å². The Morgan fingerprint density at radius 2 is 2.29 bits per heavy atom. The molecule has 0 atom stereocenters. The first-order valence-corrected chi connectivity index (χ1v) is 5.81. The number of aryl methyl sites for hydroxylation is 1. The normalized spacial score (nSPS) is 14.5. The molecular weight excluding hydrogens is 221 g/mol. The summed E-state index contributed by atoms with van der Waals surface area (Å²) in [7, 11) is 0. The molecule has 1 fully saturated rings. The molecule has 17 heavy (non-hydrogen) atoms. The molecule has 0 unspecified atom stereocenters. The Balaban J connectivity index is 1.79. The van der Waals surface area contributed by atoms with Crippen molar-refractivity contribution in [2.45, 2.75) is 19.8 Å². The highest BCUT2D eigenvalue weighted by Crippen LogP contribution is 2.27. The summed E-state index contributed by atoms with van der Waals surface area (Å²) in [5, 5.41) is 2.76. The lowest BCUT2D eigenvalue weighted by atomic mass is 10.2. The Hall–Kier alpha value is -1.58. The quantitative estimate of drug-likeness (QED) is 0.851. The van der Waals surface area contributed by atoms with E-state index in [1.807, 2.05) is 6.92 Å². The molecule has 92 valence electrons. The highest BCUT2D eigenvalue weighted by Gasteiger charge is 2.21. The van der Waals surface area contributed by atoms with Crippen molar-refractivity contribution in [1.82, 2.24) is 5.32 Å². The number of amides is 1. The van der Waals surface area contributed by atoms with Crippen molar-refractivity contribution in [3.8, 4) is 5.75 Å². The number of carbonyl (C=O) groups excluding carboxylic acids is 1. The third-order valence-corrected chi connectivity index (χ3v) is 2.73. The number of hydrogen-bond donors (Lipinski definition) is 1. The van der Waals surface area contributed by atoms with Gasteiger partial charge in [0.1, 0.15) is 0 Å². The molecule has 1 aliphatic carbocycles. The summed E-state index contributed by atoms with van der Waals surface area (Å²) >= 11 is 0. The van der Waals surface area contributed by atoms with Crippen LogP contribution in [-0.4, -0.2) is 19.1 Å². The van der Waals surface area contributed by atoms with E-state index in [9.17, 15) is 9.18 Å². The zero-order valence-electron chi connectivity index (χ0n) is 9.83. The van der Waals surface area contributed by atoms with Gasteiger partial charge in [-0.25, -0.2) is 4.39 Å². The second-order valence-electron chi connectivity index (χ2n) is 4.47. The largest absolute Gasteiger partial charge is 0.481 e. The van der Waals surface area contributed by atoms with Crippen molar-refractivity contribution in [3.63, 3.8) is 0 Å². The average Bonchev–Trinajstić information content (AvgIpc) is 3.11. The van der Waals surface area contributed by atoms with Gasteiger partial charge in [0.25, 0.3) is 5.91 Å². The topological polar surface area (TPSA) is 38.3 Å². The van der Waals surface area contributed by atoms with Crippen LogP contribution in [0.3, 0.4) is 0 Å². The van der Waals surface area contributed by atoms with Crippen LogP contribution in [0.2, 0.25) is 0 Å². The smallest absolute Gasteiger partial charge is 0.257 e. The van der Waals surface area contributed by atoms with E-state index in [2.05, 4.69) is 5.32 Å². The second-order valence-corrected chi connectivity index (χ2v) is 4.47. The van der Waals surface area contributed by atoms with Crippen LogP contribution in [-0.2, 0) is 4.79 Å². The summed E-state index contributed by atoms with van der Waals surface area (Å²) in [6, 6.07) is 4.59. The van der Waals surface area contributed by atoms with Crippen LogP contribution in [0, 0.1) is 18.7 Å². The molecule has 1 amide bonds. The third kappa shape index (κ3) is 3.73. The van der Waals surface area contributed by atoms with Gasteiger partial charge in [0, 0.05) is 6.54 Å². The first-order chi connectivity index (χ1) is 8.15. The SMILES string of the molecule is Cc1ccc(F)c(OCC(=O)NCC2CC2)c1. The van der Waals surface area contributed by atoms with Gasteiger partial charge in [0.15, 0.2) is 18.2 Å². The van der Waals surface area contributed by atoms with E-state index in [0.29, 0.717) is 12.5 Å². The van der Waals surface area contributed by atoms with Gasteiger partial charge in [-0.15, -0.1) is 0 Å². The van der Waals surface area contributed by atoms with Crippen LogP contribution in [0.5, 0.6) is 5.75 Å². The Kier molecular flexibility index (Phi) is 3.61. The minimum Gasteiger partial charge on any atom is -0.481 e. The maximum Gasteiger partial charge on any atom is 0.257 e. The van der Waals surface area contributed by atoms with Gasteiger partial charge in [0.05, 0.1) is 0 Å². The molecule has 0 saturated heterocycles. The van der Waals surface area contributed by atoms with Crippen molar-refractivity contribution < 1.29 is 13.9 Å². The minimum absolute atomic E-state index is 0.131. The number of ether oxygens (including phenoxy) is 1. The molecule has 1 aromatic carbocycles. The zero-order valence-corrected chi connectivity index (χ0v) is 9.83. The molecule has 4 heteroatoms. The highest BCUT2D eigenvalue weighted by molar-refractivity contribution is 5.77. The Labute approximate surface area is 100.0 Å². The highest BCUT2D eigenvalue weighted by atomic mass is 19.1. The Morgan fingerprint density at radius 1 is 1.53 bits per heavy atom. The van der Waals surface area contributed by atoms with Crippen LogP contribution in [0.4, 0.5) is 4.39 Å². The van der Waals surface area contributed by atoms with Crippen LogP contribution in [0.15, 0.2) is 18.2 Å². The maximum atomic E-state index is 13.3. The monoisotopic (exact) mass is 237 g/mol. The summed E-state index contributed by atoms with van der Waals surface area (Å²) in [5.74, 6) is 0.129. The van der Waals surface area contributed by atoms with Gasteiger partial charge in [-0.3, -0.25) is 4.79 Å². The fraction of sp³-hybridized carbons (Fsp3) is 0.462. The lowest BCUT2D eigenvalue weighted by molar-refractivity contribution is -0.123. The van der Waals surface area contributed by atoms with Crippen LogP contribution in [0.1, 0.15) is 18.4 Å². The fourth-order valence-corrected chi connectivity index (χ4v) is 1.50. The number of halogens is 1. The molecule has 0 aromatic heterocycles. The van der Waals surface area contributed by atoms with Crippen molar-refractivity contribution in [2.75, 3.05) is 13.2 Å². The third-order valence-electron chi connectivity index (χ3n) is 2.73. The average molecular weight is 237 g/mol. The standard InChI is InChI=1S/C13H16FNO2/c1-9-2-5-11(14)12(6-9)17-8-13(16)15-7-10-3-4-10/h2,5-6,10H,3-4,7-8H2,1H3,(H,15,16). The fourth-order valence-electron chi connectivity index (χ4n) is 1.50. The number of nitrogens with one attached hydrogen (secondary N) is 1. The van der Waals surface area contributed by atoms with Gasteiger partial charge in [-0.1, -0.05) is 6.07 Å². The minimum atomic E-state index is -0.439. The Bertz CT molecular complexity index is 416. The van der Waals surface area contributed by atoms with E-state index in [-0.39, 0.29) is 18.3 Å².